The van der Waals surface area contributed by atoms with E-state index in [1.807, 2.05) is 12.1 Å². The molecule has 0 saturated carbocycles. The van der Waals surface area contributed by atoms with Gasteiger partial charge in [0.25, 0.3) is 0 Å². The Morgan fingerprint density at radius 2 is 2.20 bits per heavy atom. The Hall–Kier alpha value is -1.74. The molecule has 0 fully saturated rings. The van der Waals surface area contributed by atoms with Gasteiger partial charge in [0, 0.05) is 12.3 Å². The Balaban J connectivity index is 2.18. The standard InChI is InChI=1S/C16H17ClN2O/c1-11-5-6-14-13(10-11)18-16(7-8-17)19(14)12(2)15-4-3-9-20-15/h3-6,9-10,12H,7-8H2,1-2H3. The predicted molar refractivity (Wildman–Crippen MR) is 81.4 cm³/mol. The molecule has 1 unspecified atom stereocenters. The van der Waals surface area contributed by atoms with Crippen molar-refractivity contribution in [1.82, 2.24) is 9.55 Å². The predicted octanol–water partition coefficient (Wildman–Crippen LogP) is 4.33. The van der Waals surface area contributed by atoms with Crippen molar-refractivity contribution in [3.63, 3.8) is 0 Å². The molecule has 4 heteroatoms. The molecule has 0 radical (unpaired) electrons. The molecule has 0 spiro atoms. The number of benzene rings is 1. The molecule has 1 aromatic carbocycles. The Morgan fingerprint density at radius 3 is 2.90 bits per heavy atom. The van der Waals surface area contributed by atoms with E-state index >= 15 is 0 Å². The molecule has 0 aliphatic heterocycles. The highest BCUT2D eigenvalue weighted by Crippen LogP contribution is 2.27. The van der Waals surface area contributed by atoms with Gasteiger partial charge in [-0.3, -0.25) is 0 Å². The summed E-state index contributed by atoms with van der Waals surface area (Å²) >= 11 is 5.92. The van der Waals surface area contributed by atoms with Crippen molar-refractivity contribution in [3.05, 3.63) is 53.7 Å². The SMILES string of the molecule is Cc1ccc2c(c1)nc(CCCl)n2C(C)c1ccco1. The normalized spacial score (nSPS) is 12.9. The summed E-state index contributed by atoms with van der Waals surface area (Å²) in [6.45, 7) is 4.20. The van der Waals surface area contributed by atoms with Crippen LogP contribution in [0.5, 0.6) is 0 Å². The third-order valence-electron chi connectivity index (χ3n) is 3.58. The zero-order valence-corrected chi connectivity index (χ0v) is 12.4. The van der Waals surface area contributed by atoms with E-state index in [4.69, 9.17) is 21.0 Å². The van der Waals surface area contributed by atoms with Gasteiger partial charge in [-0.25, -0.2) is 4.98 Å². The minimum absolute atomic E-state index is 0.107. The minimum Gasteiger partial charge on any atom is -0.467 e. The second-order valence-electron chi connectivity index (χ2n) is 5.02. The first-order chi connectivity index (χ1) is 9.70. The topological polar surface area (TPSA) is 31.0 Å². The van der Waals surface area contributed by atoms with Crippen LogP contribution in [0.15, 0.2) is 41.0 Å². The summed E-state index contributed by atoms with van der Waals surface area (Å²) in [5.41, 5.74) is 3.35. The van der Waals surface area contributed by atoms with Crippen LogP contribution in [0.3, 0.4) is 0 Å². The molecule has 0 amide bonds. The summed E-state index contributed by atoms with van der Waals surface area (Å²) in [6, 6.07) is 10.4. The third-order valence-corrected chi connectivity index (χ3v) is 3.77. The molecule has 1 atom stereocenters. The van der Waals surface area contributed by atoms with E-state index in [1.165, 1.54) is 5.56 Å². The van der Waals surface area contributed by atoms with E-state index in [0.717, 1.165) is 29.0 Å². The first kappa shape index (κ1) is 13.3. The summed E-state index contributed by atoms with van der Waals surface area (Å²) in [7, 11) is 0. The highest BCUT2D eigenvalue weighted by atomic mass is 35.5. The van der Waals surface area contributed by atoms with Crippen molar-refractivity contribution >= 4 is 22.6 Å². The molecule has 0 aliphatic carbocycles. The smallest absolute Gasteiger partial charge is 0.126 e. The summed E-state index contributed by atoms with van der Waals surface area (Å²) in [5, 5.41) is 0. The number of aromatic nitrogens is 2. The van der Waals surface area contributed by atoms with Gasteiger partial charge in [0.2, 0.25) is 0 Å². The highest BCUT2D eigenvalue weighted by Gasteiger charge is 2.18. The molecular weight excluding hydrogens is 272 g/mol. The van der Waals surface area contributed by atoms with E-state index < -0.39 is 0 Å². The van der Waals surface area contributed by atoms with Gasteiger partial charge < -0.3 is 8.98 Å². The molecule has 3 rings (SSSR count). The number of rotatable bonds is 4. The third kappa shape index (κ3) is 2.22. The van der Waals surface area contributed by atoms with Gasteiger partial charge in [-0.2, -0.15) is 0 Å². The number of halogens is 1. The molecule has 2 aromatic heterocycles. The molecule has 0 bridgehead atoms. The lowest BCUT2D eigenvalue weighted by molar-refractivity contribution is 0.445. The van der Waals surface area contributed by atoms with Gasteiger partial charge >= 0.3 is 0 Å². The van der Waals surface area contributed by atoms with E-state index in [1.54, 1.807) is 6.26 Å². The molecule has 20 heavy (non-hydrogen) atoms. The summed E-state index contributed by atoms with van der Waals surface area (Å²) in [4.78, 5) is 4.73. The Labute approximate surface area is 123 Å². The molecule has 0 saturated heterocycles. The van der Waals surface area contributed by atoms with Gasteiger partial charge in [-0.1, -0.05) is 6.07 Å². The van der Waals surface area contributed by atoms with Crippen molar-refractivity contribution < 1.29 is 4.42 Å². The summed E-state index contributed by atoms with van der Waals surface area (Å²) < 4.78 is 7.76. The fourth-order valence-electron chi connectivity index (χ4n) is 2.61. The van der Waals surface area contributed by atoms with Crippen LogP contribution in [-0.4, -0.2) is 15.4 Å². The van der Waals surface area contributed by atoms with Gasteiger partial charge in [0.05, 0.1) is 23.3 Å². The van der Waals surface area contributed by atoms with Crippen LogP contribution >= 0.6 is 11.6 Å². The second-order valence-corrected chi connectivity index (χ2v) is 5.40. The van der Waals surface area contributed by atoms with Crippen LogP contribution in [0.1, 0.15) is 30.1 Å². The molecule has 104 valence electrons. The maximum Gasteiger partial charge on any atom is 0.126 e. The monoisotopic (exact) mass is 288 g/mol. The lowest BCUT2D eigenvalue weighted by atomic mass is 10.2. The summed E-state index contributed by atoms with van der Waals surface area (Å²) in [6.07, 6.45) is 2.46. The second kappa shape index (κ2) is 5.33. The maximum atomic E-state index is 5.92. The van der Waals surface area contributed by atoms with Gasteiger partial charge in [0.1, 0.15) is 11.6 Å². The molecule has 3 nitrogen and oxygen atoms in total. The maximum absolute atomic E-state index is 5.92. The van der Waals surface area contributed by atoms with Crippen LogP contribution in [0, 0.1) is 6.92 Å². The molecule has 2 heterocycles. The number of alkyl halides is 1. The lowest BCUT2D eigenvalue weighted by Gasteiger charge is -2.15. The van der Waals surface area contributed by atoms with Crippen molar-refractivity contribution in [2.24, 2.45) is 0 Å². The number of fused-ring (bicyclic) bond motifs is 1. The van der Waals surface area contributed by atoms with Crippen LogP contribution in [-0.2, 0) is 6.42 Å². The van der Waals surface area contributed by atoms with Crippen molar-refractivity contribution in [2.75, 3.05) is 5.88 Å². The Bertz CT molecular complexity index is 715. The quantitative estimate of drug-likeness (QED) is 0.669. The van der Waals surface area contributed by atoms with Gasteiger partial charge in [0.15, 0.2) is 0 Å². The molecule has 0 N–H and O–H groups in total. The number of aryl methyl sites for hydroxylation is 2. The van der Waals surface area contributed by atoms with Crippen LogP contribution in [0.2, 0.25) is 0 Å². The minimum atomic E-state index is 0.107. The number of hydrogen-bond acceptors (Lipinski definition) is 2. The zero-order valence-electron chi connectivity index (χ0n) is 11.6. The number of hydrogen-bond donors (Lipinski definition) is 0. The Kier molecular flexibility index (Phi) is 3.53. The van der Waals surface area contributed by atoms with E-state index in [2.05, 4.69) is 36.6 Å². The summed E-state index contributed by atoms with van der Waals surface area (Å²) in [5.74, 6) is 2.50. The molecular formula is C16H17ClN2O. The van der Waals surface area contributed by atoms with Crippen molar-refractivity contribution in [3.8, 4) is 0 Å². The van der Waals surface area contributed by atoms with Crippen molar-refractivity contribution in [1.29, 1.82) is 0 Å². The zero-order chi connectivity index (χ0) is 14.1. The largest absolute Gasteiger partial charge is 0.467 e. The van der Waals surface area contributed by atoms with Crippen LogP contribution in [0.25, 0.3) is 11.0 Å². The molecule has 3 aromatic rings. The van der Waals surface area contributed by atoms with E-state index in [9.17, 15) is 0 Å². The number of furan rings is 1. The van der Waals surface area contributed by atoms with Gasteiger partial charge in [-0.05, 0) is 43.7 Å². The average molecular weight is 289 g/mol. The van der Waals surface area contributed by atoms with Crippen LogP contribution < -0.4 is 0 Å². The van der Waals surface area contributed by atoms with Crippen molar-refractivity contribution in [2.45, 2.75) is 26.3 Å². The Morgan fingerprint density at radius 1 is 1.35 bits per heavy atom. The number of imidazole rings is 1. The fraction of sp³-hybridized carbons (Fsp3) is 0.312. The van der Waals surface area contributed by atoms with E-state index in [-0.39, 0.29) is 6.04 Å². The first-order valence-corrected chi connectivity index (χ1v) is 7.31. The van der Waals surface area contributed by atoms with Gasteiger partial charge in [-0.15, -0.1) is 11.6 Å². The van der Waals surface area contributed by atoms with Crippen LogP contribution in [0.4, 0.5) is 0 Å². The fourth-order valence-corrected chi connectivity index (χ4v) is 2.78. The van der Waals surface area contributed by atoms with E-state index in [0.29, 0.717) is 5.88 Å². The first-order valence-electron chi connectivity index (χ1n) is 6.77. The molecule has 0 aliphatic rings. The number of nitrogens with zero attached hydrogens (tertiary/aromatic N) is 2. The average Bonchev–Trinajstić information content (AvgIpc) is 3.05. The lowest BCUT2D eigenvalue weighted by Crippen LogP contribution is -2.10. The highest BCUT2D eigenvalue weighted by molar-refractivity contribution is 6.17.